The van der Waals surface area contributed by atoms with Crippen molar-refractivity contribution < 1.29 is 18.1 Å². The first-order valence-corrected chi connectivity index (χ1v) is 7.00. The summed E-state index contributed by atoms with van der Waals surface area (Å²) in [5.41, 5.74) is 0.408. The SMILES string of the molecule is Cc1ccc(S(=O)(=O)c2ccc([N+](=O)[O-])c[n+]2[O-])cc1. The van der Waals surface area contributed by atoms with Gasteiger partial charge in [-0.15, -0.1) is 0 Å². The Kier molecular flexibility index (Phi) is 3.41. The Morgan fingerprint density at radius 1 is 1.10 bits per heavy atom. The van der Waals surface area contributed by atoms with E-state index in [2.05, 4.69) is 0 Å². The summed E-state index contributed by atoms with van der Waals surface area (Å²) in [6.07, 6.45) is 0.626. The minimum Gasteiger partial charge on any atom is -0.618 e. The minimum atomic E-state index is -4.00. The Bertz CT molecular complexity index is 769. The number of hydrogen-bond donors (Lipinski definition) is 0. The maximum absolute atomic E-state index is 12.3. The minimum absolute atomic E-state index is 0.00662. The van der Waals surface area contributed by atoms with E-state index in [0.717, 1.165) is 17.7 Å². The second-order valence-corrected chi connectivity index (χ2v) is 6.02. The van der Waals surface area contributed by atoms with Crippen LogP contribution in [0.3, 0.4) is 0 Å². The Morgan fingerprint density at radius 3 is 2.20 bits per heavy atom. The molecule has 0 aliphatic carbocycles. The average molecular weight is 294 g/mol. The molecule has 104 valence electrons. The lowest BCUT2D eigenvalue weighted by atomic mass is 10.2. The van der Waals surface area contributed by atoms with Gasteiger partial charge in [-0.3, -0.25) is 10.1 Å². The van der Waals surface area contributed by atoms with E-state index < -0.39 is 25.5 Å². The number of aromatic nitrogens is 1. The fourth-order valence-electron chi connectivity index (χ4n) is 1.61. The third-order valence-electron chi connectivity index (χ3n) is 2.68. The lowest BCUT2D eigenvalue weighted by Gasteiger charge is -2.05. The van der Waals surface area contributed by atoms with E-state index in [1.165, 1.54) is 12.1 Å². The van der Waals surface area contributed by atoms with Crippen LogP contribution in [-0.4, -0.2) is 13.3 Å². The molecule has 0 saturated heterocycles. The summed E-state index contributed by atoms with van der Waals surface area (Å²) >= 11 is 0. The van der Waals surface area contributed by atoms with Crippen LogP contribution in [0.2, 0.25) is 0 Å². The van der Waals surface area contributed by atoms with E-state index in [0.29, 0.717) is 6.20 Å². The van der Waals surface area contributed by atoms with E-state index in [4.69, 9.17) is 0 Å². The van der Waals surface area contributed by atoms with Gasteiger partial charge in [0.05, 0.1) is 9.82 Å². The van der Waals surface area contributed by atoms with Crippen LogP contribution in [0.5, 0.6) is 0 Å². The zero-order chi connectivity index (χ0) is 14.9. The van der Waals surface area contributed by atoms with Gasteiger partial charge in [0.2, 0.25) is 0 Å². The molecule has 7 nitrogen and oxygen atoms in total. The van der Waals surface area contributed by atoms with Crippen molar-refractivity contribution in [2.75, 3.05) is 0 Å². The molecule has 0 fully saturated rings. The lowest BCUT2D eigenvalue weighted by molar-refractivity contribution is -0.649. The summed E-state index contributed by atoms with van der Waals surface area (Å²) in [4.78, 5) is 9.72. The second kappa shape index (κ2) is 4.89. The van der Waals surface area contributed by atoms with Crippen molar-refractivity contribution in [3.05, 3.63) is 63.5 Å². The van der Waals surface area contributed by atoms with Gasteiger partial charge in [-0.1, -0.05) is 17.7 Å². The van der Waals surface area contributed by atoms with Gasteiger partial charge in [0.25, 0.3) is 16.0 Å². The van der Waals surface area contributed by atoms with Crippen molar-refractivity contribution in [1.29, 1.82) is 0 Å². The third kappa shape index (κ3) is 2.45. The molecule has 0 unspecified atom stereocenters. The molecule has 0 atom stereocenters. The monoisotopic (exact) mass is 294 g/mol. The Balaban J connectivity index is 2.55. The molecular weight excluding hydrogens is 284 g/mol. The van der Waals surface area contributed by atoms with Crippen molar-refractivity contribution in [2.24, 2.45) is 0 Å². The first-order valence-electron chi connectivity index (χ1n) is 5.52. The summed E-state index contributed by atoms with van der Waals surface area (Å²) in [6, 6.07) is 7.88. The Hall–Kier alpha value is -2.48. The molecule has 0 radical (unpaired) electrons. The fraction of sp³-hybridized carbons (Fsp3) is 0.0833. The molecule has 20 heavy (non-hydrogen) atoms. The first kappa shape index (κ1) is 13.9. The van der Waals surface area contributed by atoms with Gasteiger partial charge < -0.3 is 5.21 Å². The topological polar surface area (TPSA) is 104 Å². The molecule has 1 aromatic carbocycles. The molecule has 1 aromatic heterocycles. The summed E-state index contributed by atoms with van der Waals surface area (Å²) < 4.78 is 24.5. The summed E-state index contributed by atoms with van der Waals surface area (Å²) in [6.45, 7) is 1.80. The average Bonchev–Trinajstić information content (AvgIpc) is 2.38. The predicted octanol–water partition coefficient (Wildman–Crippen LogP) is 1.37. The number of pyridine rings is 1. The van der Waals surface area contributed by atoms with Gasteiger partial charge in [-0.25, -0.2) is 8.42 Å². The van der Waals surface area contributed by atoms with Crippen LogP contribution in [0.1, 0.15) is 5.56 Å². The molecule has 2 rings (SSSR count). The number of sulfone groups is 1. The van der Waals surface area contributed by atoms with Crippen LogP contribution < -0.4 is 4.73 Å². The lowest BCUT2D eigenvalue weighted by Crippen LogP contribution is -2.33. The van der Waals surface area contributed by atoms with Crippen molar-refractivity contribution in [2.45, 2.75) is 16.8 Å². The van der Waals surface area contributed by atoms with Crippen molar-refractivity contribution in [1.82, 2.24) is 0 Å². The highest BCUT2D eigenvalue weighted by Gasteiger charge is 2.28. The number of nitrogens with zero attached hydrogens (tertiary/aromatic N) is 2. The summed E-state index contributed by atoms with van der Waals surface area (Å²) in [7, 11) is -4.00. The first-order chi connectivity index (χ1) is 9.32. The van der Waals surface area contributed by atoms with Gasteiger partial charge >= 0.3 is 10.7 Å². The highest BCUT2D eigenvalue weighted by Crippen LogP contribution is 2.19. The number of rotatable bonds is 3. The molecule has 0 spiro atoms. The zero-order valence-corrected chi connectivity index (χ0v) is 11.2. The highest BCUT2D eigenvalue weighted by molar-refractivity contribution is 7.91. The van der Waals surface area contributed by atoms with Gasteiger partial charge in [-0.05, 0) is 19.1 Å². The quantitative estimate of drug-likeness (QED) is 0.368. The van der Waals surface area contributed by atoms with Crippen LogP contribution in [0.15, 0.2) is 52.5 Å². The summed E-state index contributed by atoms with van der Waals surface area (Å²) in [5, 5.41) is 21.6. The molecule has 2 aromatic rings. The van der Waals surface area contributed by atoms with Gasteiger partial charge in [0.15, 0.2) is 0 Å². The van der Waals surface area contributed by atoms with Crippen molar-refractivity contribution in [3.63, 3.8) is 0 Å². The van der Waals surface area contributed by atoms with Crippen LogP contribution in [0.4, 0.5) is 5.69 Å². The van der Waals surface area contributed by atoms with Gasteiger partial charge in [0.1, 0.15) is 0 Å². The zero-order valence-electron chi connectivity index (χ0n) is 10.4. The molecule has 0 aliphatic heterocycles. The Morgan fingerprint density at radius 2 is 1.70 bits per heavy atom. The fourth-order valence-corrected chi connectivity index (χ4v) is 2.88. The third-order valence-corrected chi connectivity index (χ3v) is 4.44. The van der Waals surface area contributed by atoms with Gasteiger partial charge in [-0.2, -0.15) is 4.73 Å². The second-order valence-electron chi connectivity index (χ2n) is 4.12. The number of aryl methyl sites for hydroxylation is 1. The molecule has 1 heterocycles. The highest BCUT2D eigenvalue weighted by atomic mass is 32.2. The van der Waals surface area contributed by atoms with E-state index in [1.807, 2.05) is 0 Å². The van der Waals surface area contributed by atoms with E-state index in [1.54, 1.807) is 19.1 Å². The molecular formula is C12H10N2O5S. The van der Waals surface area contributed by atoms with E-state index in [9.17, 15) is 23.7 Å². The van der Waals surface area contributed by atoms with Crippen LogP contribution >= 0.6 is 0 Å². The van der Waals surface area contributed by atoms with Crippen molar-refractivity contribution >= 4 is 15.5 Å². The number of hydrogen-bond acceptors (Lipinski definition) is 5. The van der Waals surface area contributed by atoms with Crippen LogP contribution in [0, 0.1) is 22.2 Å². The van der Waals surface area contributed by atoms with Crippen LogP contribution in [-0.2, 0) is 9.84 Å². The maximum atomic E-state index is 12.3. The molecule has 0 saturated carbocycles. The van der Waals surface area contributed by atoms with E-state index >= 15 is 0 Å². The molecule has 0 aliphatic rings. The van der Waals surface area contributed by atoms with Crippen LogP contribution in [0.25, 0.3) is 0 Å². The number of nitro groups is 1. The molecule has 8 heteroatoms. The molecule has 0 amide bonds. The van der Waals surface area contributed by atoms with E-state index in [-0.39, 0.29) is 9.63 Å². The summed E-state index contributed by atoms with van der Waals surface area (Å²) in [5.74, 6) is 0. The largest absolute Gasteiger partial charge is 0.618 e. The Labute approximate surface area is 114 Å². The van der Waals surface area contributed by atoms with Crippen molar-refractivity contribution in [3.8, 4) is 0 Å². The standard InChI is InChI=1S/C12H10N2O5S/c1-9-2-5-11(6-3-9)20(18,19)12-7-4-10(14(16)17)8-13(12)15/h2-8H,1H3. The molecule has 0 N–H and O–H groups in total. The predicted molar refractivity (Wildman–Crippen MR) is 68.7 cm³/mol. The number of benzene rings is 1. The normalized spacial score (nSPS) is 11.2. The molecule has 0 bridgehead atoms. The van der Waals surface area contributed by atoms with Gasteiger partial charge in [0, 0.05) is 12.1 Å². The maximum Gasteiger partial charge on any atom is 0.333 e. The smallest absolute Gasteiger partial charge is 0.333 e.